The lowest BCUT2D eigenvalue weighted by Gasteiger charge is -2.09. The van der Waals surface area contributed by atoms with Crippen molar-refractivity contribution < 1.29 is 24.2 Å². The summed E-state index contributed by atoms with van der Waals surface area (Å²) in [6.45, 7) is 2.04. The molecule has 0 aliphatic heterocycles. The minimum absolute atomic E-state index is 0.0842. The molecule has 3 rings (SSSR count). The Morgan fingerprint density at radius 3 is 2.64 bits per heavy atom. The van der Waals surface area contributed by atoms with Gasteiger partial charge in [-0.1, -0.05) is 23.9 Å². The van der Waals surface area contributed by atoms with Gasteiger partial charge in [0.15, 0.2) is 11.0 Å². The van der Waals surface area contributed by atoms with Crippen molar-refractivity contribution in [3.8, 4) is 22.9 Å². The number of carboxylic acid groups (broad SMARTS) is 1. The van der Waals surface area contributed by atoms with Gasteiger partial charge in [0.2, 0.25) is 0 Å². The van der Waals surface area contributed by atoms with Gasteiger partial charge in [-0.05, 0) is 43.3 Å². The Balaban J connectivity index is 1.58. The minimum Gasteiger partial charge on any atom is -0.546 e. The molecular formula is C22H22N5O5S-. The largest absolute Gasteiger partial charge is 0.546 e. The van der Waals surface area contributed by atoms with Crippen LogP contribution >= 0.6 is 11.8 Å². The zero-order chi connectivity index (χ0) is 23.6. The number of nitrogens with one attached hydrogen (secondary N) is 1. The topological polar surface area (TPSA) is 131 Å². The molecule has 0 spiro atoms. The molecule has 0 fully saturated rings. The van der Waals surface area contributed by atoms with Crippen molar-refractivity contribution in [1.29, 1.82) is 0 Å². The normalized spacial score (nSPS) is 10.8. The Hall–Kier alpha value is -3.86. The van der Waals surface area contributed by atoms with E-state index in [1.807, 2.05) is 35.8 Å². The van der Waals surface area contributed by atoms with Crippen LogP contribution in [0, 0.1) is 0 Å². The van der Waals surface area contributed by atoms with Crippen molar-refractivity contribution in [2.24, 2.45) is 5.10 Å². The molecule has 1 amide bonds. The van der Waals surface area contributed by atoms with Crippen LogP contribution in [-0.2, 0) is 16.1 Å². The lowest BCUT2D eigenvalue weighted by atomic mass is 10.2. The van der Waals surface area contributed by atoms with Crippen LogP contribution in [0.3, 0.4) is 0 Å². The van der Waals surface area contributed by atoms with Crippen molar-refractivity contribution in [2.75, 3.05) is 19.5 Å². The van der Waals surface area contributed by atoms with Crippen molar-refractivity contribution in [3.63, 3.8) is 0 Å². The smallest absolute Gasteiger partial charge is 0.250 e. The lowest BCUT2D eigenvalue weighted by molar-refractivity contribution is -0.307. The Morgan fingerprint density at radius 1 is 1.18 bits per heavy atom. The first-order chi connectivity index (χ1) is 16.0. The molecule has 0 saturated carbocycles. The lowest BCUT2D eigenvalue weighted by Crippen LogP contribution is -2.29. The van der Waals surface area contributed by atoms with Gasteiger partial charge in [-0.15, -0.1) is 10.2 Å². The molecule has 2 aromatic carbocycles. The van der Waals surface area contributed by atoms with Gasteiger partial charge in [0.05, 0.1) is 25.0 Å². The molecule has 0 atom stereocenters. The first kappa shape index (κ1) is 23.8. The molecule has 0 saturated heterocycles. The fourth-order valence-electron chi connectivity index (χ4n) is 2.83. The number of thioether (sulfide) groups is 1. The third-order valence-electron chi connectivity index (χ3n) is 4.37. The van der Waals surface area contributed by atoms with Crippen LogP contribution in [0.25, 0.3) is 11.4 Å². The summed E-state index contributed by atoms with van der Waals surface area (Å²) in [4.78, 5) is 22.8. The molecule has 33 heavy (non-hydrogen) atoms. The highest BCUT2D eigenvalue weighted by Gasteiger charge is 2.14. The van der Waals surface area contributed by atoms with E-state index in [0.29, 0.717) is 28.8 Å². The maximum absolute atomic E-state index is 12.2. The zero-order valence-corrected chi connectivity index (χ0v) is 18.9. The zero-order valence-electron chi connectivity index (χ0n) is 18.1. The summed E-state index contributed by atoms with van der Waals surface area (Å²) in [6, 6.07) is 14.2. The van der Waals surface area contributed by atoms with E-state index in [1.54, 1.807) is 31.4 Å². The highest BCUT2D eigenvalue weighted by atomic mass is 32.2. The number of hydrogen-bond donors (Lipinski definition) is 1. The summed E-state index contributed by atoms with van der Waals surface area (Å²) in [5, 5.41) is 23.6. The van der Waals surface area contributed by atoms with E-state index >= 15 is 0 Å². The van der Waals surface area contributed by atoms with Gasteiger partial charge in [0.1, 0.15) is 18.1 Å². The molecule has 1 heterocycles. The van der Waals surface area contributed by atoms with Crippen LogP contribution in [0.15, 0.2) is 58.8 Å². The molecule has 0 radical (unpaired) electrons. The Kier molecular flexibility index (Phi) is 8.42. The predicted molar refractivity (Wildman–Crippen MR) is 121 cm³/mol. The van der Waals surface area contributed by atoms with E-state index in [0.717, 1.165) is 11.3 Å². The van der Waals surface area contributed by atoms with Crippen molar-refractivity contribution in [2.45, 2.75) is 18.6 Å². The second-order valence-corrected chi connectivity index (χ2v) is 7.50. The number of ether oxygens (including phenoxy) is 2. The fraction of sp³-hybridized carbons (Fsp3) is 0.227. The highest BCUT2D eigenvalue weighted by molar-refractivity contribution is 7.99. The number of amides is 1. The maximum Gasteiger partial charge on any atom is 0.250 e. The predicted octanol–water partition coefficient (Wildman–Crippen LogP) is 1.34. The van der Waals surface area contributed by atoms with E-state index < -0.39 is 12.6 Å². The first-order valence-corrected chi connectivity index (χ1v) is 10.9. The molecule has 0 bridgehead atoms. The second kappa shape index (κ2) is 11.7. The van der Waals surface area contributed by atoms with E-state index in [9.17, 15) is 14.7 Å². The number of benzene rings is 2. The van der Waals surface area contributed by atoms with Gasteiger partial charge >= 0.3 is 0 Å². The molecule has 1 aromatic heterocycles. The molecule has 0 aliphatic carbocycles. The number of nitrogens with zero attached hydrogens (tertiary/aromatic N) is 4. The number of methoxy groups -OCH3 is 1. The summed E-state index contributed by atoms with van der Waals surface area (Å²) < 4.78 is 12.3. The molecule has 172 valence electrons. The molecule has 0 unspecified atom stereocenters. The molecule has 1 N–H and O–H groups in total. The Bertz CT molecular complexity index is 1130. The number of para-hydroxylation sites is 1. The van der Waals surface area contributed by atoms with Gasteiger partial charge in [-0.2, -0.15) is 5.10 Å². The van der Waals surface area contributed by atoms with E-state index in [-0.39, 0.29) is 11.7 Å². The number of carbonyl (C=O) groups is 2. The number of hydrazone groups is 1. The number of carboxylic acids is 1. The molecule has 3 aromatic rings. The van der Waals surface area contributed by atoms with Gasteiger partial charge in [0, 0.05) is 17.7 Å². The van der Waals surface area contributed by atoms with Crippen molar-refractivity contribution in [1.82, 2.24) is 20.2 Å². The third-order valence-corrected chi connectivity index (χ3v) is 5.34. The van der Waals surface area contributed by atoms with Crippen LogP contribution in [0.5, 0.6) is 11.5 Å². The van der Waals surface area contributed by atoms with Gasteiger partial charge in [-0.25, -0.2) is 5.43 Å². The molecule has 11 heteroatoms. The van der Waals surface area contributed by atoms with Crippen LogP contribution in [0.1, 0.15) is 12.5 Å². The summed E-state index contributed by atoms with van der Waals surface area (Å²) in [7, 11) is 1.61. The number of hydrogen-bond acceptors (Lipinski definition) is 9. The van der Waals surface area contributed by atoms with Crippen LogP contribution in [0.2, 0.25) is 0 Å². The summed E-state index contributed by atoms with van der Waals surface area (Å²) in [5.74, 6) is 0.191. The monoisotopic (exact) mass is 468 g/mol. The van der Waals surface area contributed by atoms with Gasteiger partial charge in [-0.3, -0.25) is 4.79 Å². The first-order valence-electron chi connectivity index (χ1n) is 9.95. The Morgan fingerprint density at radius 2 is 1.94 bits per heavy atom. The van der Waals surface area contributed by atoms with Crippen molar-refractivity contribution >= 4 is 29.9 Å². The van der Waals surface area contributed by atoms with Gasteiger partial charge < -0.3 is 23.9 Å². The van der Waals surface area contributed by atoms with E-state index in [4.69, 9.17) is 9.47 Å². The number of carbonyl (C=O) groups excluding carboxylic acids is 2. The summed E-state index contributed by atoms with van der Waals surface area (Å²) in [6.07, 6.45) is 1.38. The van der Waals surface area contributed by atoms with E-state index in [1.165, 1.54) is 18.0 Å². The number of aliphatic carboxylic acids is 1. The van der Waals surface area contributed by atoms with Crippen LogP contribution in [0.4, 0.5) is 0 Å². The third kappa shape index (κ3) is 6.56. The minimum atomic E-state index is -1.33. The highest BCUT2D eigenvalue weighted by Crippen LogP contribution is 2.25. The molecule has 0 aliphatic rings. The van der Waals surface area contributed by atoms with E-state index in [2.05, 4.69) is 20.7 Å². The average Bonchev–Trinajstić information content (AvgIpc) is 3.25. The van der Waals surface area contributed by atoms with Crippen LogP contribution < -0.4 is 20.0 Å². The fourth-order valence-corrected chi connectivity index (χ4v) is 3.62. The van der Waals surface area contributed by atoms with Crippen LogP contribution in [-0.4, -0.2) is 52.3 Å². The second-order valence-electron chi connectivity index (χ2n) is 6.56. The standard InChI is InChI=1S/C22H23N5O5S/c1-3-27-21(15-8-10-17(31-2)11-9-15)25-26-22(27)33-14-19(28)24-23-12-16-6-4-5-7-18(16)32-13-20(29)30/h4-12H,3,13-14H2,1-2H3,(H,24,28)(H,29,30)/p-1/b23-12-. The molecular weight excluding hydrogens is 446 g/mol. The average molecular weight is 469 g/mol. The molecule has 10 nitrogen and oxygen atoms in total. The maximum atomic E-state index is 12.2. The number of rotatable bonds is 11. The van der Waals surface area contributed by atoms with Gasteiger partial charge in [0.25, 0.3) is 5.91 Å². The number of aromatic nitrogens is 3. The summed E-state index contributed by atoms with van der Waals surface area (Å²) in [5.41, 5.74) is 3.85. The Labute approximate surface area is 194 Å². The summed E-state index contributed by atoms with van der Waals surface area (Å²) >= 11 is 1.25. The SMILES string of the molecule is CCn1c(SCC(=O)N/N=C\c2ccccc2OCC(=O)[O-])nnc1-c1ccc(OC)cc1. The quantitative estimate of drug-likeness (QED) is 0.253. The van der Waals surface area contributed by atoms with Crippen molar-refractivity contribution in [3.05, 3.63) is 54.1 Å².